The van der Waals surface area contributed by atoms with E-state index in [0.29, 0.717) is 6.04 Å². The molecule has 88 valence electrons. The lowest BCUT2D eigenvalue weighted by Gasteiger charge is -2.24. The Bertz CT molecular complexity index is 314. The van der Waals surface area contributed by atoms with Crippen LogP contribution in [0.25, 0.3) is 0 Å². The van der Waals surface area contributed by atoms with Crippen molar-refractivity contribution in [1.82, 2.24) is 10.3 Å². The van der Waals surface area contributed by atoms with E-state index < -0.39 is 0 Å². The quantitative estimate of drug-likeness (QED) is 0.806. The Morgan fingerprint density at radius 3 is 2.62 bits per heavy atom. The molecule has 0 spiro atoms. The fourth-order valence-corrected chi connectivity index (χ4v) is 1.94. The minimum atomic E-state index is 0.591. The summed E-state index contributed by atoms with van der Waals surface area (Å²) in [7, 11) is 4.00. The second-order valence-corrected chi connectivity index (χ2v) is 4.47. The molecule has 0 radical (unpaired) electrons. The first kappa shape index (κ1) is 11.2. The summed E-state index contributed by atoms with van der Waals surface area (Å²) >= 11 is 0. The molecular formula is C12H20N4. The Balaban J connectivity index is 1.93. The van der Waals surface area contributed by atoms with Gasteiger partial charge in [0, 0.05) is 20.1 Å². The molecule has 1 fully saturated rings. The molecule has 0 amide bonds. The Morgan fingerprint density at radius 2 is 2.06 bits per heavy atom. The van der Waals surface area contributed by atoms with Crippen LogP contribution in [0.1, 0.15) is 12.8 Å². The molecule has 0 aliphatic carbocycles. The molecule has 16 heavy (non-hydrogen) atoms. The fraction of sp³-hybridized carbons (Fsp3) is 0.583. The lowest BCUT2D eigenvalue weighted by Crippen LogP contribution is -2.35. The van der Waals surface area contributed by atoms with E-state index in [1.807, 2.05) is 31.3 Å². The lowest BCUT2D eigenvalue weighted by molar-refractivity contribution is 0.479. The Labute approximate surface area is 97.1 Å². The molecule has 1 aromatic heterocycles. The van der Waals surface area contributed by atoms with Gasteiger partial charge in [-0.25, -0.2) is 4.98 Å². The van der Waals surface area contributed by atoms with Gasteiger partial charge in [0.25, 0.3) is 0 Å². The first-order valence-electron chi connectivity index (χ1n) is 5.86. The first-order chi connectivity index (χ1) is 7.75. The summed E-state index contributed by atoms with van der Waals surface area (Å²) < 4.78 is 0. The van der Waals surface area contributed by atoms with Gasteiger partial charge in [-0.15, -0.1) is 0 Å². The van der Waals surface area contributed by atoms with Gasteiger partial charge >= 0.3 is 0 Å². The van der Waals surface area contributed by atoms with Gasteiger partial charge in [0.2, 0.25) is 0 Å². The van der Waals surface area contributed by atoms with E-state index >= 15 is 0 Å². The SMILES string of the molecule is CN(C)c1ccc(NC2CCNCC2)cn1. The van der Waals surface area contributed by atoms with E-state index in [-0.39, 0.29) is 0 Å². The van der Waals surface area contributed by atoms with Crippen LogP contribution in [0.3, 0.4) is 0 Å². The van der Waals surface area contributed by atoms with Crippen molar-refractivity contribution in [3.63, 3.8) is 0 Å². The predicted octanol–water partition coefficient (Wildman–Crippen LogP) is 1.31. The lowest BCUT2D eigenvalue weighted by atomic mass is 10.1. The van der Waals surface area contributed by atoms with Crippen LogP contribution >= 0.6 is 0 Å². The van der Waals surface area contributed by atoms with Gasteiger partial charge in [0.15, 0.2) is 0 Å². The van der Waals surface area contributed by atoms with E-state index in [4.69, 9.17) is 0 Å². The van der Waals surface area contributed by atoms with Crippen molar-refractivity contribution in [3.8, 4) is 0 Å². The zero-order valence-corrected chi connectivity index (χ0v) is 10.0. The summed E-state index contributed by atoms with van der Waals surface area (Å²) in [6.45, 7) is 2.22. The molecule has 1 aromatic rings. The van der Waals surface area contributed by atoms with Gasteiger partial charge in [-0.3, -0.25) is 0 Å². The van der Waals surface area contributed by atoms with Crippen molar-refractivity contribution < 1.29 is 0 Å². The molecule has 0 saturated carbocycles. The van der Waals surface area contributed by atoms with Crippen LogP contribution in [0.4, 0.5) is 11.5 Å². The van der Waals surface area contributed by atoms with Crippen molar-refractivity contribution in [3.05, 3.63) is 18.3 Å². The Hall–Kier alpha value is -1.29. The predicted molar refractivity (Wildman–Crippen MR) is 68.1 cm³/mol. The summed E-state index contributed by atoms with van der Waals surface area (Å²) in [4.78, 5) is 6.40. The van der Waals surface area contributed by atoms with E-state index in [1.54, 1.807) is 0 Å². The molecule has 1 aliphatic heterocycles. The molecule has 1 saturated heterocycles. The molecule has 1 aliphatic rings. The van der Waals surface area contributed by atoms with Gasteiger partial charge in [0.1, 0.15) is 5.82 Å². The fourth-order valence-electron chi connectivity index (χ4n) is 1.94. The third kappa shape index (κ3) is 2.85. The first-order valence-corrected chi connectivity index (χ1v) is 5.86. The van der Waals surface area contributed by atoms with Crippen LogP contribution in [-0.4, -0.2) is 38.2 Å². The molecule has 0 unspecified atom stereocenters. The summed E-state index contributed by atoms with van der Waals surface area (Å²) in [5.41, 5.74) is 1.12. The van der Waals surface area contributed by atoms with Gasteiger partial charge in [-0.1, -0.05) is 0 Å². The molecule has 2 N–H and O–H groups in total. The van der Waals surface area contributed by atoms with Gasteiger partial charge in [0.05, 0.1) is 11.9 Å². The number of piperidine rings is 1. The largest absolute Gasteiger partial charge is 0.381 e. The second-order valence-electron chi connectivity index (χ2n) is 4.47. The highest BCUT2D eigenvalue weighted by molar-refractivity contribution is 5.48. The highest BCUT2D eigenvalue weighted by Gasteiger charge is 2.12. The third-order valence-electron chi connectivity index (χ3n) is 2.92. The highest BCUT2D eigenvalue weighted by atomic mass is 15.1. The minimum absolute atomic E-state index is 0.591. The van der Waals surface area contributed by atoms with Crippen LogP contribution in [0.15, 0.2) is 18.3 Å². The van der Waals surface area contributed by atoms with E-state index in [0.717, 1.165) is 24.6 Å². The van der Waals surface area contributed by atoms with Crippen LogP contribution in [0.2, 0.25) is 0 Å². The monoisotopic (exact) mass is 220 g/mol. The van der Waals surface area contributed by atoms with Crippen LogP contribution in [-0.2, 0) is 0 Å². The summed E-state index contributed by atoms with van der Waals surface area (Å²) in [5.74, 6) is 0.996. The number of nitrogens with one attached hydrogen (secondary N) is 2. The van der Waals surface area contributed by atoms with Crippen molar-refractivity contribution >= 4 is 11.5 Å². The molecular weight excluding hydrogens is 200 g/mol. The van der Waals surface area contributed by atoms with Crippen molar-refractivity contribution in [2.24, 2.45) is 0 Å². The zero-order chi connectivity index (χ0) is 11.4. The standard InChI is InChI=1S/C12H20N4/c1-16(2)12-4-3-11(9-14-12)15-10-5-7-13-8-6-10/h3-4,9-10,13,15H,5-8H2,1-2H3. The highest BCUT2D eigenvalue weighted by Crippen LogP contribution is 2.15. The molecule has 0 atom stereocenters. The molecule has 2 heterocycles. The van der Waals surface area contributed by atoms with Crippen molar-refractivity contribution in [2.45, 2.75) is 18.9 Å². The number of anilines is 2. The number of aromatic nitrogens is 1. The minimum Gasteiger partial charge on any atom is -0.381 e. The average Bonchev–Trinajstić information content (AvgIpc) is 2.31. The van der Waals surface area contributed by atoms with Gasteiger partial charge in [-0.2, -0.15) is 0 Å². The molecule has 2 rings (SSSR count). The van der Waals surface area contributed by atoms with Crippen LogP contribution in [0, 0.1) is 0 Å². The smallest absolute Gasteiger partial charge is 0.128 e. The maximum Gasteiger partial charge on any atom is 0.128 e. The number of nitrogens with zero attached hydrogens (tertiary/aromatic N) is 2. The topological polar surface area (TPSA) is 40.2 Å². The van der Waals surface area contributed by atoms with Crippen LogP contribution in [0.5, 0.6) is 0 Å². The van der Waals surface area contributed by atoms with E-state index in [9.17, 15) is 0 Å². The molecule has 0 aromatic carbocycles. The third-order valence-corrected chi connectivity index (χ3v) is 2.92. The van der Waals surface area contributed by atoms with Gasteiger partial charge in [-0.05, 0) is 38.1 Å². The maximum absolute atomic E-state index is 4.39. The maximum atomic E-state index is 4.39. The summed E-state index contributed by atoms with van der Waals surface area (Å²) in [6, 6.07) is 4.74. The average molecular weight is 220 g/mol. The normalized spacial score (nSPS) is 17.1. The van der Waals surface area contributed by atoms with Crippen molar-refractivity contribution in [2.75, 3.05) is 37.4 Å². The van der Waals surface area contributed by atoms with Crippen molar-refractivity contribution in [1.29, 1.82) is 0 Å². The summed E-state index contributed by atoms with van der Waals surface area (Å²) in [5, 5.41) is 6.89. The molecule has 4 nitrogen and oxygen atoms in total. The second kappa shape index (κ2) is 5.16. The van der Waals surface area contributed by atoms with Gasteiger partial charge < -0.3 is 15.5 Å². The Morgan fingerprint density at radius 1 is 1.31 bits per heavy atom. The molecule has 0 bridgehead atoms. The Kier molecular flexibility index (Phi) is 3.62. The van der Waals surface area contributed by atoms with Crippen LogP contribution < -0.4 is 15.5 Å². The number of hydrogen-bond donors (Lipinski definition) is 2. The zero-order valence-electron chi connectivity index (χ0n) is 10.0. The van der Waals surface area contributed by atoms with E-state index in [1.165, 1.54) is 12.8 Å². The number of rotatable bonds is 3. The molecule has 4 heteroatoms. The summed E-state index contributed by atoms with van der Waals surface area (Å²) in [6.07, 6.45) is 4.29. The number of hydrogen-bond acceptors (Lipinski definition) is 4. The number of pyridine rings is 1. The van der Waals surface area contributed by atoms with E-state index in [2.05, 4.69) is 21.7 Å².